The van der Waals surface area contributed by atoms with Crippen molar-refractivity contribution in [2.24, 2.45) is 0 Å². The second kappa shape index (κ2) is 11.6. The number of benzene rings is 1. The quantitative estimate of drug-likeness (QED) is 0.694. The molecule has 3 rings (SSSR count). The van der Waals surface area contributed by atoms with Crippen LogP contribution in [-0.2, 0) is 0 Å². The maximum atomic E-state index is 2.76. The fourth-order valence-corrected chi connectivity index (χ4v) is 4.54. The van der Waals surface area contributed by atoms with Gasteiger partial charge in [0, 0.05) is 49.4 Å². The van der Waals surface area contributed by atoms with E-state index in [1.807, 2.05) is 11.8 Å². The second-order valence-electron chi connectivity index (χ2n) is 6.33. The molecule has 2 nitrogen and oxygen atoms in total. The first kappa shape index (κ1) is 21.1. The number of rotatable bonds is 5. The maximum absolute atomic E-state index is 2.76. The van der Waals surface area contributed by atoms with Gasteiger partial charge in [-0.05, 0) is 25.0 Å². The monoisotopic (exact) mass is 376 g/mol. The van der Waals surface area contributed by atoms with Gasteiger partial charge in [-0.25, -0.2) is 0 Å². The van der Waals surface area contributed by atoms with Crippen molar-refractivity contribution < 1.29 is 0 Å². The second-order valence-corrected chi connectivity index (χ2v) is 7.50. The van der Waals surface area contributed by atoms with Crippen LogP contribution in [0.25, 0.3) is 0 Å². The molecule has 1 aromatic carbocycles. The molecule has 132 valence electrons. The minimum Gasteiger partial charge on any atom is -0.300 e. The zero-order valence-corrected chi connectivity index (χ0v) is 16.3. The van der Waals surface area contributed by atoms with Crippen LogP contribution in [0.1, 0.15) is 32.1 Å². The average molecular weight is 377 g/mol. The van der Waals surface area contributed by atoms with Gasteiger partial charge in [-0.3, -0.25) is 9.80 Å². The van der Waals surface area contributed by atoms with Gasteiger partial charge in [0.2, 0.25) is 0 Å². The number of halogens is 2. The number of nitrogens with zero attached hydrogens (tertiary/aromatic N) is 2. The van der Waals surface area contributed by atoms with Crippen LogP contribution in [0.4, 0.5) is 0 Å². The zero-order chi connectivity index (χ0) is 14.3. The molecule has 0 bridgehead atoms. The van der Waals surface area contributed by atoms with E-state index < -0.39 is 0 Å². The summed E-state index contributed by atoms with van der Waals surface area (Å²) in [4.78, 5) is 6.81. The van der Waals surface area contributed by atoms with E-state index in [0.717, 1.165) is 6.04 Å². The Kier molecular flexibility index (Phi) is 10.6. The van der Waals surface area contributed by atoms with Gasteiger partial charge in [0.1, 0.15) is 0 Å². The Morgan fingerprint density at radius 1 is 0.870 bits per heavy atom. The number of hydrogen-bond donors (Lipinski definition) is 0. The van der Waals surface area contributed by atoms with E-state index in [9.17, 15) is 0 Å². The summed E-state index contributed by atoms with van der Waals surface area (Å²) >= 11 is 1.99. The van der Waals surface area contributed by atoms with Crippen LogP contribution < -0.4 is 0 Å². The van der Waals surface area contributed by atoms with Crippen molar-refractivity contribution in [2.45, 2.75) is 43.0 Å². The van der Waals surface area contributed by atoms with Crippen LogP contribution in [-0.4, -0.2) is 54.3 Å². The van der Waals surface area contributed by atoms with Crippen LogP contribution in [0.3, 0.4) is 0 Å². The third-order valence-electron chi connectivity index (χ3n) is 4.92. The molecular formula is C18H30Cl2N2S. The summed E-state index contributed by atoms with van der Waals surface area (Å²) in [5.41, 5.74) is 0. The molecule has 2 aliphatic rings. The van der Waals surface area contributed by atoms with E-state index in [1.165, 1.54) is 75.5 Å². The fourth-order valence-electron chi connectivity index (χ4n) is 3.61. The lowest BCUT2D eigenvalue weighted by atomic mass is 9.94. The molecule has 1 saturated heterocycles. The molecule has 1 aliphatic heterocycles. The fraction of sp³-hybridized carbons (Fsp3) is 0.667. The van der Waals surface area contributed by atoms with Gasteiger partial charge in [0.05, 0.1) is 0 Å². The third-order valence-corrected chi connectivity index (χ3v) is 5.91. The van der Waals surface area contributed by atoms with Gasteiger partial charge in [-0.15, -0.1) is 36.6 Å². The average Bonchev–Trinajstić information content (AvgIpc) is 2.57. The van der Waals surface area contributed by atoms with E-state index in [0.29, 0.717) is 0 Å². The Labute approximate surface area is 158 Å². The highest BCUT2D eigenvalue weighted by atomic mass is 35.5. The summed E-state index contributed by atoms with van der Waals surface area (Å²) in [6.07, 6.45) is 7.28. The van der Waals surface area contributed by atoms with Gasteiger partial charge in [-0.2, -0.15) is 0 Å². The minimum atomic E-state index is 0. The minimum absolute atomic E-state index is 0. The molecular weight excluding hydrogens is 347 g/mol. The Hall–Kier alpha value is 0.0700. The van der Waals surface area contributed by atoms with Crippen molar-refractivity contribution in [2.75, 3.05) is 38.5 Å². The van der Waals surface area contributed by atoms with E-state index in [1.54, 1.807) is 0 Å². The molecule has 0 atom stereocenters. The molecule has 0 N–H and O–H groups in total. The van der Waals surface area contributed by atoms with Crippen molar-refractivity contribution in [3.63, 3.8) is 0 Å². The Bertz CT molecular complexity index is 405. The van der Waals surface area contributed by atoms with Crippen molar-refractivity contribution >= 4 is 36.6 Å². The molecule has 1 aliphatic carbocycles. The van der Waals surface area contributed by atoms with Crippen molar-refractivity contribution in [3.05, 3.63) is 30.3 Å². The topological polar surface area (TPSA) is 6.48 Å². The lowest BCUT2D eigenvalue weighted by Crippen LogP contribution is -2.51. The lowest BCUT2D eigenvalue weighted by Gasteiger charge is -2.40. The Balaban J connectivity index is 0.00000132. The molecule has 0 spiro atoms. The molecule has 1 heterocycles. The van der Waals surface area contributed by atoms with Crippen molar-refractivity contribution in [1.82, 2.24) is 9.80 Å². The predicted molar refractivity (Wildman–Crippen MR) is 107 cm³/mol. The zero-order valence-electron chi connectivity index (χ0n) is 13.9. The molecule has 0 aromatic heterocycles. The molecule has 0 unspecified atom stereocenters. The van der Waals surface area contributed by atoms with Gasteiger partial charge in [0.15, 0.2) is 0 Å². The van der Waals surface area contributed by atoms with Crippen molar-refractivity contribution in [3.8, 4) is 0 Å². The molecule has 0 amide bonds. The SMILES string of the molecule is Cl.Cl.c1ccc(SCCN2CCN(C3CCCCC3)CC2)cc1. The Morgan fingerprint density at radius 3 is 2.17 bits per heavy atom. The number of hydrogen-bond acceptors (Lipinski definition) is 3. The van der Waals surface area contributed by atoms with Gasteiger partial charge in [-0.1, -0.05) is 37.5 Å². The van der Waals surface area contributed by atoms with E-state index in [-0.39, 0.29) is 24.8 Å². The third kappa shape index (κ3) is 6.83. The van der Waals surface area contributed by atoms with Gasteiger partial charge < -0.3 is 0 Å². The molecule has 5 heteroatoms. The van der Waals surface area contributed by atoms with Crippen LogP contribution >= 0.6 is 36.6 Å². The predicted octanol–water partition coefficient (Wildman–Crippen LogP) is 4.57. The van der Waals surface area contributed by atoms with Crippen LogP contribution in [0, 0.1) is 0 Å². The standard InChI is InChI=1S/C18H28N2S.2ClH/c1-3-7-17(8-4-1)20-13-11-19(12-14-20)15-16-21-18-9-5-2-6-10-18;;/h2,5-6,9-10,17H,1,3-4,7-8,11-16H2;2*1H. The summed E-state index contributed by atoms with van der Waals surface area (Å²) in [5, 5.41) is 0. The lowest BCUT2D eigenvalue weighted by molar-refractivity contribution is 0.0822. The normalized spacial score (nSPS) is 20.5. The van der Waals surface area contributed by atoms with Crippen molar-refractivity contribution in [1.29, 1.82) is 0 Å². The largest absolute Gasteiger partial charge is 0.300 e. The first-order valence-electron chi connectivity index (χ1n) is 8.56. The first-order valence-corrected chi connectivity index (χ1v) is 9.54. The smallest absolute Gasteiger partial charge is 0.0113 e. The van der Waals surface area contributed by atoms with Gasteiger partial charge in [0.25, 0.3) is 0 Å². The number of piperazine rings is 1. The maximum Gasteiger partial charge on any atom is 0.0113 e. The highest BCUT2D eigenvalue weighted by Gasteiger charge is 2.24. The highest BCUT2D eigenvalue weighted by Crippen LogP contribution is 2.23. The Morgan fingerprint density at radius 2 is 1.52 bits per heavy atom. The van der Waals surface area contributed by atoms with E-state index in [2.05, 4.69) is 40.1 Å². The summed E-state index contributed by atoms with van der Waals surface area (Å²) in [7, 11) is 0. The molecule has 1 saturated carbocycles. The van der Waals surface area contributed by atoms with E-state index in [4.69, 9.17) is 0 Å². The molecule has 1 aromatic rings. The first-order chi connectivity index (χ1) is 10.4. The summed E-state index contributed by atoms with van der Waals surface area (Å²) < 4.78 is 0. The van der Waals surface area contributed by atoms with E-state index >= 15 is 0 Å². The highest BCUT2D eigenvalue weighted by molar-refractivity contribution is 7.99. The van der Waals surface area contributed by atoms with Crippen LogP contribution in [0.5, 0.6) is 0 Å². The van der Waals surface area contributed by atoms with Crippen LogP contribution in [0.15, 0.2) is 35.2 Å². The summed E-state index contributed by atoms with van der Waals surface area (Å²) in [6.45, 7) is 6.36. The molecule has 23 heavy (non-hydrogen) atoms. The molecule has 2 fully saturated rings. The summed E-state index contributed by atoms with van der Waals surface area (Å²) in [5.74, 6) is 1.22. The van der Waals surface area contributed by atoms with Crippen LogP contribution in [0.2, 0.25) is 0 Å². The summed E-state index contributed by atoms with van der Waals surface area (Å²) in [6, 6.07) is 11.7. The molecule has 0 radical (unpaired) electrons. The van der Waals surface area contributed by atoms with Gasteiger partial charge >= 0.3 is 0 Å². The number of thioether (sulfide) groups is 1.